The number of amides is 1. The van der Waals surface area contributed by atoms with Crippen molar-refractivity contribution in [3.8, 4) is 11.8 Å². The van der Waals surface area contributed by atoms with E-state index >= 15 is 0 Å². The zero-order valence-corrected chi connectivity index (χ0v) is 15.2. The molecule has 6 heteroatoms. The van der Waals surface area contributed by atoms with Crippen LogP contribution >= 0.6 is 27.5 Å². The molecule has 4 nitrogen and oxygen atoms in total. The van der Waals surface area contributed by atoms with Crippen molar-refractivity contribution in [3.63, 3.8) is 0 Å². The van der Waals surface area contributed by atoms with E-state index in [0.717, 1.165) is 15.8 Å². The Balaban J connectivity index is 2.17. The molecule has 1 N–H and O–H groups in total. The maximum atomic E-state index is 12.3. The van der Waals surface area contributed by atoms with Crippen molar-refractivity contribution in [1.29, 1.82) is 5.26 Å². The van der Waals surface area contributed by atoms with E-state index in [0.29, 0.717) is 17.3 Å². The minimum atomic E-state index is -0.518. The number of ether oxygens (including phenoxy) is 1. The molecular formula is C18H14BrClN2O2. The molecule has 2 aromatic carbocycles. The Labute approximate surface area is 153 Å². The highest BCUT2D eigenvalue weighted by Gasteiger charge is 2.11. The van der Waals surface area contributed by atoms with Crippen LogP contribution in [-0.4, -0.2) is 12.5 Å². The summed E-state index contributed by atoms with van der Waals surface area (Å²) in [5, 5.41) is 12.3. The third-order valence-electron chi connectivity index (χ3n) is 3.05. The van der Waals surface area contributed by atoms with Crippen molar-refractivity contribution < 1.29 is 9.53 Å². The molecule has 0 aliphatic carbocycles. The van der Waals surface area contributed by atoms with Gasteiger partial charge in [-0.3, -0.25) is 4.79 Å². The molecule has 0 unspecified atom stereocenters. The lowest BCUT2D eigenvalue weighted by atomic mass is 10.1. The Morgan fingerprint density at radius 3 is 2.62 bits per heavy atom. The van der Waals surface area contributed by atoms with Crippen molar-refractivity contribution in [1.82, 2.24) is 0 Å². The monoisotopic (exact) mass is 404 g/mol. The van der Waals surface area contributed by atoms with Gasteiger partial charge in [-0.1, -0.05) is 39.7 Å². The van der Waals surface area contributed by atoms with Crippen LogP contribution < -0.4 is 10.1 Å². The quantitative estimate of drug-likeness (QED) is 0.559. The molecule has 1 amide bonds. The van der Waals surface area contributed by atoms with Crippen LogP contribution in [0.25, 0.3) is 6.08 Å². The fourth-order valence-corrected chi connectivity index (χ4v) is 2.64. The van der Waals surface area contributed by atoms with Crippen molar-refractivity contribution in [2.75, 3.05) is 11.9 Å². The molecule has 0 saturated carbocycles. The molecule has 2 aromatic rings. The number of nitriles is 1. The number of hydrogen-bond donors (Lipinski definition) is 1. The molecule has 0 atom stereocenters. The summed E-state index contributed by atoms with van der Waals surface area (Å²) >= 11 is 9.36. The highest BCUT2D eigenvalue weighted by atomic mass is 79.9. The lowest BCUT2D eigenvalue weighted by molar-refractivity contribution is -0.112. The third kappa shape index (κ3) is 4.85. The number of nitrogens with one attached hydrogen (secondary N) is 1. The van der Waals surface area contributed by atoms with Crippen LogP contribution in [0, 0.1) is 11.3 Å². The van der Waals surface area contributed by atoms with Crippen LogP contribution in [-0.2, 0) is 4.79 Å². The van der Waals surface area contributed by atoms with Crippen molar-refractivity contribution >= 4 is 45.2 Å². The number of rotatable bonds is 5. The van der Waals surface area contributed by atoms with E-state index in [9.17, 15) is 10.1 Å². The summed E-state index contributed by atoms with van der Waals surface area (Å²) in [6.07, 6.45) is 1.51. The van der Waals surface area contributed by atoms with E-state index < -0.39 is 5.91 Å². The molecule has 0 radical (unpaired) electrons. The zero-order valence-electron chi connectivity index (χ0n) is 12.8. The first kappa shape index (κ1) is 18.1. The molecule has 0 aromatic heterocycles. The third-order valence-corrected chi connectivity index (χ3v) is 3.85. The van der Waals surface area contributed by atoms with Gasteiger partial charge in [0.2, 0.25) is 0 Å². The Hall–Kier alpha value is -2.29. The molecule has 122 valence electrons. The first-order valence-corrected chi connectivity index (χ1v) is 8.31. The Morgan fingerprint density at radius 1 is 1.33 bits per heavy atom. The second kappa shape index (κ2) is 8.53. The van der Waals surface area contributed by atoms with Gasteiger partial charge in [-0.15, -0.1) is 0 Å². The molecule has 2 rings (SSSR count). The summed E-state index contributed by atoms with van der Waals surface area (Å²) in [5.74, 6) is 0.217. The SMILES string of the molecule is CCOc1ccc(/C=C(\C#N)C(=O)Nc2ccc(Br)cc2Cl)cc1. The standard InChI is InChI=1S/C18H14BrClN2O2/c1-2-24-15-6-3-12(4-7-15)9-13(11-21)18(23)22-17-8-5-14(19)10-16(17)20/h3-10H,2H2,1H3,(H,22,23)/b13-9+. The van der Waals surface area contributed by atoms with Gasteiger partial charge in [0.05, 0.1) is 17.3 Å². The van der Waals surface area contributed by atoms with Crippen LogP contribution in [0.4, 0.5) is 5.69 Å². The van der Waals surface area contributed by atoms with Crippen LogP contribution in [0.5, 0.6) is 5.75 Å². The smallest absolute Gasteiger partial charge is 0.266 e. The van der Waals surface area contributed by atoms with Crippen molar-refractivity contribution in [2.45, 2.75) is 6.92 Å². The maximum absolute atomic E-state index is 12.3. The molecule has 0 heterocycles. The second-order valence-corrected chi connectivity index (χ2v) is 6.07. The lowest BCUT2D eigenvalue weighted by Crippen LogP contribution is -2.13. The van der Waals surface area contributed by atoms with Crippen molar-refractivity contribution in [2.24, 2.45) is 0 Å². The number of halogens is 2. The van der Waals surface area contributed by atoms with Gasteiger partial charge in [0.15, 0.2) is 0 Å². The van der Waals surface area contributed by atoms with E-state index in [4.69, 9.17) is 16.3 Å². The predicted octanol–water partition coefficient (Wildman–Crippen LogP) is 5.05. The minimum Gasteiger partial charge on any atom is -0.494 e. The predicted molar refractivity (Wildman–Crippen MR) is 99.0 cm³/mol. The first-order chi connectivity index (χ1) is 11.5. The number of benzene rings is 2. The maximum Gasteiger partial charge on any atom is 0.266 e. The average Bonchev–Trinajstić information content (AvgIpc) is 2.57. The van der Waals surface area contributed by atoms with Gasteiger partial charge in [0, 0.05) is 4.47 Å². The van der Waals surface area contributed by atoms with E-state index in [-0.39, 0.29) is 5.57 Å². The number of hydrogen-bond acceptors (Lipinski definition) is 3. The molecular weight excluding hydrogens is 392 g/mol. The summed E-state index contributed by atoms with van der Waals surface area (Å²) < 4.78 is 6.16. The molecule has 0 fully saturated rings. The number of carbonyl (C=O) groups is 1. The van der Waals surface area contributed by atoms with Crippen LogP contribution in [0.2, 0.25) is 5.02 Å². The van der Waals surface area contributed by atoms with Crippen LogP contribution in [0.1, 0.15) is 12.5 Å². The van der Waals surface area contributed by atoms with E-state index in [1.54, 1.807) is 42.5 Å². The molecule has 24 heavy (non-hydrogen) atoms. The van der Waals surface area contributed by atoms with Crippen LogP contribution in [0.3, 0.4) is 0 Å². The van der Waals surface area contributed by atoms with E-state index in [1.807, 2.05) is 13.0 Å². The lowest BCUT2D eigenvalue weighted by Gasteiger charge is -2.07. The highest BCUT2D eigenvalue weighted by Crippen LogP contribution is 2.26. The summed E-state index contributed by atoms with van der Waals surface area (Å²) in [6.45, 7) is 2.48. The fourth-order valence-electron chi connectivity index (χ4n) is 1.92. The number of anilines is 1. The Kier molecular flexibility index (Phi) is 6.42. The molecule has 0 saturated heterocycles. The normalized spacial score (nSPS) is 10.8. The topological polar surface area (TPSA) is 62.1 Å². The first-order valence-electron chi connectivity index (χ1n) is 7.14. The number of nitrogens with zero attached hydrogens (tertiary/aromatic N) is 1. The Morgan fingerprint density at radius 2 is 2.04 bits per heavy atom. The number of carbonyl (C=O) groups excluding carboxylic acids is 1. The van der Waals surface area contributed by atoms with Gasteiger partial charge in [0.1, 0.15) is 17.4 Å². The average molecular weight is 406 g/mol. The molecule has 0 bridgehead atoms. The van der Waals surface area contributed by atoms with E-state index in [2.05, 4.69) is 21.2 Å². The largest absolute Gasteiger partial charge is 0.494 e. The van der Waals surface area contributed by atoms with E-state index in [1.165, 1.54) is 6.08 Å². The highest BCUT2D eigenvalue weighted by molar-refractivity contribution is 9.10. The summed E-state index contributed by atoms with van der Waals surface area (Å²) in [6, 6.07) is 14.1. The summed E-state index contributed by atoms with van der Waals surface area (Å²) in [4.78, 5) is 12.3. The van der Waals surface area contributed by atoms with Gasteiger partial charge in [-0.2, -0.15) is 5.26 Å². The van der Waals surface area contributed by atoms with Crippen LogP contribution in [0.15, 0.2) is 52.5 Å². The molecule has 0 spiro atoms. The van der Waals surface area contributed by atoms with Gasteiger partial charge in [0.25, 0.3) is 5.91 Å². The fraction of sp³-hybridized carbons (Fsp3) is 0.111. The summed E-state index contributed by atoms with van der Waals surface area (Å²) in [5.41, 5.74) is 1.16. The van der Waals surface area contributed by atoms with Gasteiger partial charge in [-0.05, 0) is 48.9 Å². The zero-order chi connectivity index (χ0) is 17.5. The Bertz CT molecular complexity index is 811. The summed E-state index contributed by atoms with van der Waals surface area (Å²) in [7, 11) is 0. The van der Waals surface area contributed by atoms with Crippen molar-refractivity contribution in [3.05, 3.63) is 63.1 Å². The van der Waals surface area contributed by atoms with Gasteiger partial charge < -0.3 is 10.1 Å². The molecule has 0 aliphatic heterocycles. The molecule has 0 aliphatic rings. The van der Waals surface area contributed by atoms with Gasteiger partial charge in [-0.25, -0.2) is 0 Å². The second-order valence-electron chi connectivity index (χ2n) is 4.75. The van der Waals surface area contributed by atoms with Gasteiger partial charge >= 0.3 is 0 Å². The minimum absolute atomic E-state index is 0.0156.